The Morgan fingerprint density at radius 3 is 2.12 bits per heavy atom. The SMILES string of the molecule is CCn1c(-c2ccccc2)nc(-c2ccc(OC(F)(F)F)cc2)c1C(=O)NCc1ccccc1. The number of amides is 1. The smallest absolute Gasteiger partial charge is 0.406 e. The predicted molar refractivity (Wildman–Crippen MR) is 123 cm³/mol. The molecule has 0 saturated carbocycles. The van der Waals surface area contributed by atoms with Gasteiger partial charge in [0.2, 0.25) is 0 Å². The highest BCUT2D eigenvalue weighted by molar-refractivity contribution is 5.99. The van der Waals surface area contributed by atoms with Crippen LogP contribution in [0.1, 0.15) is 23.0 Å². The first-order valence-corrected chi connectivity index (χ1v) is 10.7. The molecule has 0 atom stereocenters. The number of aromatic nitrogens is 2. The second kappa shape index (κ2) is 9.82. The highest BCUT2D eigenvalue weighted by Crippen LogP contribution is 2.32. The molecule has 1 heterocycles. The number of rotatable bonds is 7. The van der Waals surface area contributed by atoms with Crippen LogP contribution in [0.15, 0.2) is 84.9 Å². The minimum Gasteiger partial charge on any atom is -0.406 e. The van der Waals surface area contributed by atoms with Crippen molar-refractivity contribution in [3.63, 3.8) is 0 Å². The fourth-order valence-corrected chi connectivity index (χ4v) is 3.68. The summed E-state index contributed by atoms with van der Waals surface area (Å²) < 4.78 is 43.5. The van der Waals surface area contributed by atoms with Crippen molar-refractivity contribution in [3.05, 3.63) is 96.2 Å². The van der Waals surface area contributed by atoms with Gasteiger partial charge in [-0.1, -0.05) is 60.7 Å². The second-order valence-electron chi connectivity index (χ2n) is 7.48. The zero-order valence-corrected chi connectivity index (χ0v) is 18.3. The van der Waals surface area contributed by atoms with Crippen molar-refractivity contribution >= 4 is 5.91 Å². The first kappa shape index (κ1) is 23.1. The number of halogens is 3. The quantitative estimate of drug-likeness (QED) is 0.361. The van der Waals surface area contributed by atoms with Gasteiger partial charge in [-0.15, -0.1) is 13.2 Å². The molecule has 1 N–H and O–H groups in total. The van der Waals surface area contributed by atoms with Gasteiger partial charge in [0.1, 0.15) is 23.0 Å². The van der Waals surface area contributed by atoms with Crippen molar-refractivity contribution in [2.45, 2.75) is 26.4 Å². The molecule has 0 spiro atoms. The molecule has 0 saturated heterocycles. The van der Waals surface area contributed by atoms with E-state index in [1.165, 1.54) is 24.3 Å². The van der Waals surface area contributed by atoms with E-state index in [4.69, 9.17) is 4.98 Å². The van der Waals surface area contributed by atoms with Gasteiger partial charge in [0, 0.05) is 24.2 Å². The fraction of sp³-hybridized carbons (Fsp3) is 0.154. The van der Waals surface area contributed by atoms with Crippen molar-refractivity contribution < 1.29 is 22.7 Å². The van der Waals surface area contributed by atoms with Gasteiger partial charge >= 0.3 is 6.36 Å². The van der Waals surface area contributed by atoms with E-state index in [-0.39, 0.29) is 11.7 Å². The highest BCUT2D eigenvalue weighted by Gasteiger charge is 2.31. The van der Waals surface area contributed by atoms with Gasteiger partial charge < -0.3 is 14.6 Å². The van der Waals surface area contributed by atoms with E-state index in [1.54, 1.807) is 0 Å². The van der Waals surface area contributed by atoms with Gasteiger partial charge in [-0.2, -0.15) is 0 Å². The van der Waals surface area contributed by atoms with Crippen LogP contribution in [-0.2, 0) is 13.1 Å². The number of hydrogen-bond acceptors (Lipinski definition) is 3. The molecule has 0 bridgehead atoms. The van der Waals surface area contributed by atoms with Crippen molar-refractivity contribution in [2.24, 2.45) is 0 Å². The van der Waals surface area contributed by atoms with E-state index in [2.05, 4.69) is 10.1 Å². The van der Waals surface area contributed by atoms with Crippen molar-refractivity contribution in [1.82, 2.24) is 14.9 Å². The third kappa shape index (κ3) is 5.28. The van der Waals surface area contributed by atoms with Crippen LogP contribution in [0.5, 0.6) is 5.75 Å². The summed E-state index contributed by atoms with van der Waals surface area (Å²) in [6.45, 7) is 2.71. The van der Waals surface area contributed by atoms with E-state index in [0.717, 1.165) is 11.1 Å². The summed E-state index contributed by atoms with van der Waals surface area (Å²) in [6.07, 6.45) is -4.78. The summed E-state index contributed by atoms with van der Waals surface area (Å²) in [5.41, 5.74) is 2.98. The minimum atomic E-state index is -4.78. The third-order valence-electron chi connectivity index (χ3n) is 5.19. The van der Waals surface area contributed by atoms with Gasteiger partial charge in [0.25, 0.3) is 5.91 Å². The number of nitrogens with one attached hydrogen (secondary N) is 1. The molecular weight excluding hydrogens is 443 g/mol. The molecule has 4 aromatic rings. The normalized spacial score (nSPS) is 11.3. The number of benzene rings is 3. The van der Waals surface area contributed by atoms with Crippen LogP contribution >= 0.6 is 0 Å². The van der Waals surface area contributed by atoms with Crippen LogP contribution in [0, 0.1) is 0 Å². The molecule has 0 aliphatic carbocycles. The molecule has 5 nitrogen and oxygen atoms in total. The molecule has 34 heavy (non-hydrogen) atoms. The fourth-order valence-electron chi connectivity index (χ4n) is 3.68. The molecule has 3 aromatic carbocycles. The van der Waals surface area contributed by atoms with E-state index in [0.29, 0.717) is 35.9 Å². The number of carbonyl (C=O) groups is 1. The Bertz CT molecular complexity index is 1250. The van der Waals surface area contributed by atoms with E-state index in [1.807, 2.05) is 72.2 Å². The third-order valence-corrected chi connectivity index (χ3v) is 5.19. The van der Waals surface area contributed by atoms with Crippen LogP contribution < -0.4 is 10.1 Å². The molecular formula is C26H22F3N3O2. The van der Waals surface area contributed by atoms with Gasteiger partial charge in [0.05, 0.1) is 0 Å². The maximum atomic E-state index is 13.3. The maximum Gasteiger partial charge on any atom is 0.573 e. The molecule has 4 rings (SSSR count). The van der Waals surface area contributed by atoms with Crippen LogP contribution in [-0.4, -0.2) is 21.8 Å². The zero-order chi connectivity index (χ0) is 24.1. The summed E-state index contributed by atoms with van der Waals surface area (Å²) in [7, 11) is 0. The zero-order valence-electron chi connectivity index (χ0n) is 18.3. The van der Waals surface area contributed by atoms with Gasteiger partial charge in [0.15, 0.2) is 0 Å². The lowest BCUT2D eigenvalue weighted by atomic mass is 10.1. The Hall–Kier alpha value is -4.07. The molecule has 0 aliphatic heterocycles. The van der Waals surface area contributed by atoms with Gasteiger partial charge in [-0.3, -0.25) is 4.79 Å². The first-order chi connectivity index (χ1) is 16.4. The highest BCUT2D eigenvalue weighted by atomic mass is 19.4. The average Bonchev–Trinajstić information content (AvgIpc) is 3.23. The lowest BCUT2D eigenvalue weighted by Crippen LogP contribution is -2.26. The van der Waals surface area contributed by atoms with Crippen molar-refractivity contribution in [1.29, 1.82) is 0 Å². The Morgan fingerprint density at radius 2 is 1.53 bits per heavy atom. The van der Waals surface area contributed by atoms with E-state index in [9.17, 15) is 18.0 Å². The first-order valence-electron chi connectivity index (χ1n) is 10.7. The Balaban J connectivity index is 1.75. The minimum absolute atomic E-state index is 0.326. The predicted octanol–water partition coefficient (Wildman–Crippen LogP) is 6.07. The van der Waals surface area contributed by atoms with Gasteiger partial charge in [-0.25, -0.2) is 4.98 Å². The summed E-state index contributed by atoms with van der Waals surface area (Å²) in [5, 5.41) is 2.93. The summed E-state index contributed by atoms with van der Waals surface area (Å²) >= 11 is 0. The second-order valence-corrected chi connectivity index (χ2v) is 7.48. The number of carbonyl (C=O) groups excluding carboxylic acids is 1. The standard InChI is InChI=1S/C26H22F3N3O2/c1-2-32-23(25(33)30-17-18-9-5-3-6-10-18)22(31-24(32)20-11-7-4-8-12-20)19-13-15-21(16-14-19)34-26(27,28)29/h3-16H,2,17H2,1H3,(H,30,33). The summed E-state index contributed by atoms with van der Waals surface area (Å²) in [5.74, 6) is -0.0749. The molecule has 0 aliphatic rings. The number of hydrogen-bond donors (Lipinski definition) is 1. The monoisotopic (exact) mass is 465 g/mol. The number of alkyl halides is 3. The Labute approximate surface area is 194 Å². The summed E-state index contributed by atoms with van der Waals surface area (Å²) in [4.78, 5) is 18.1. The Kier molecular flexibility index (Phi) is 6.67. The molecule has 1 aromatic heterocycles. The van der Waals surface area contributed by atoms with E-state index < -0.39 is 6.36 Å². The Morgan fingerprint density at radius 1 is 0.912 bits per heavy atom. The molecule has 0 unspecified atom stereocenters. The summed E-state index contributed by atoms with van der Waals surface area (Å²) in [6, 6.07) is 24.3. The van der Waals surface area contributed by atoms with Crippen LogP contribution in [0.2, 0.25) is 0 Å². The van der Waals surface area contributed by atoms with Gasteiger partial charge in [-0.05, 0) is 36.8 Å². The average molecular weight is 465 g/mol. The van der Waals surface area contributed by atoms with Crippen molar-refractivity contribution in [3.8, 4) is 28.4 Å². The lowest BCUT2D eigenvalue weighted by Gasteiger charge is -2.12. The number of nitrogens with zero attached hydrogens (tertiary/aromatic N) is 2. The van der Waals surface area contributed by atoms with E-state index >= 15 is 0 Å². The lowest BCUT2D eigenvalue weighted by molar-refractivity contribution is -0.274. The van der Waals surface area contributed by atoms with Crippen LogP contribution in [0.25, 0.3) is 22.6 Å². The molecule has 0 fully saturated rings. The van der Waals surface area contributed by atoms with Crippen molar-refractivity contribution in [2.75, 3.05) is 0 Å². The molecule has 8 heteroatoms. The molecule has 174 valence electrons. The van der Waals surface area contributed by atoms with Crippen LogP contribution in [0.4, 0.5) is 13.2 Å². The molecule has 1 amide bonds. The number of ether oxygens (including phenoxy) is 1. The van der Waals surface area contributed by atoms with Crippen LogP contribution in [0.3, 0.4) is 0 Å². The molecule has 0 radical (unpaired) electrons. The number of imidazole rings is 1. The maximum absolute atomic E-state index is 13.3. The largest absolute Gasteiger partial charge is 0.573 e. The topological polar surface area (TPSA) is 56.2 Å².